The first-order valence-corrected chi connectivity index (χ1v) is 12.9. The van der Waals surface area contributed by atoms with Crippen molar-refractivity contribution >= 4 is 41.4 Å². The Morgan fingerprint density at radius 2 is 1.97 bits per heavy atom. The summed E-state index contributed by atoms with van der Waals surface area (Å²) in [5, 5.41) is 13.1. The zero-order chi connectivity index (χ0) is 26.0. The van der Waals surface area contributed by atoms with Gasteiger partial charge >= 0.3 is 12.1 Å². The molecule has 1 saturated carbocycles. The van der Waals surface area contributed by atoms with Gasteiger partial charge in [0, 0.05) is 12.5 Å². The third kappa shape index (κ3) is 4.91. The minimum Gasteiger partial charge on any atom is -0.467 e. The Balaban J connectivity index is 1.67. The van der Waals surface area contributed by atoms with Crippen molar-refractivity contribution in [3.8, 4) is 0 Å². The molecule has 10 heteroatoms. The van der Waals surface area contributed by atoms with E-state index in [9.17, 15) is 19.5 Å². The summed E-state index contributed by atoms with van der Waals surface area (Å²) in [6.45, 7) is 4.33. The summed E-state index contributed by atoms with van der Waals surface area (Å²) in [5.41, 5.74) is 8.48. The lowest BCUT2D eigenvalue weighted by molar-refractivity contribution is -0.152. The number of hydrogen-bond donors (Lipinski definition) is 3. The largest absolute Gasteiger partial charge is 0.467 e. The van der Waals surface area contributed by atoms with Crippen LogP contribution < -0.4 is 11.1 Å². The number of amides is 2. The number of ether oxygens (including phenoxy) is 1. The molecule has 1 unspecified atom stereocenters. The molecule has 0 radical (unpaired) electrons. The van der Waals surface area contributed by atoms with Gasteiger partial charge < -0.3 is 25.8 Å². The summed E-state index contributed by atoms with van der Waals surface area (Å²) in [6, 6.07) is 3.79. The molecule has 9 nitrogen and oxygen atoms in total. The summed E-state index contributed by atoms with van der Waals surface area (Å²) in [6.07, 6.45) is 5.90. The van der Waals surface area contributed by atoms with Crippen molar-refractivity contribution in [1.82, 2.24) is 15.1 Å². The Hall–Kier alpha value is -3.14. The molecule has 0 spiro atoms. The lowest BCUT2D eigenvalue weighted by Gasteiger charge is -2.34. The minimum atomic E-state index is -1.04. The highest BCUT2D eigenvalue weighted by Crippen LogP contribution is 2.45. The van der Waals surface area contributed by atoms with E-state index in [0.29, 0.717) is 6.42 Å². The van der Waals surface area contributed by atoms with Crippen molar-refractivity contribution in [2.45, 2.75) is 63.2 Å². The summed E-state index contributed by atoms with van der Waals surface area (Å²) in [5.74, 6) is -0.980. The second-order valence-electron chi connectivity index (χ2n) is 9.88. The Kier molecular flexibility index (Phi) is 7.82. The predicted octanol–water partition coefficient (Wildman–Crippen LogP) is 3.04. The highest BCUT2D eigenvalue weighted by atomic mass is 32.1. The fraction of sp³-hybridized carbons (Fsp3) is 0.538. The van der Waals surface area contributed by atoms with E-state index in [1.165, 1.54) is 12.0 Å². The molecule has 2 aliphatic heterocycles. The van der Waals surface area contributed by atoms with Gasteiger partial charge in [-0.2, -0.15) is 0 Å². The van der Waals surface area contributed by atoms with Crippen molar-refractivity contribution in [3.05, 3.63) is 41.5 Å². The van der Waals surface area contributed by atoms with Crippen molar-refractivity contribution in [2.24, 2.45) is 17.6 Å². The molecule has 2 heterocycles. The predicted molar refractivity (Wildman–Crippen MR) is 139 cm³/mol. The molecule has 36 heavy (non-hydrogen) atoms. The molecule has 2 fully saturated rings. The van der Waals surface area contributed by atoms with Crippen LogP contribution in [0.2, 0.25) is 0 Å². The molecule has 1 aromatic carbocycles. The van der Waals surface area contributed by atoms with Crippen LogP contribution in [0.1, 0.15) is 61.3 Å². The molecular weight excluding hydrogens is 480 g/mol. The normalized spacial score (nSPS) is 24.6. The standard InChI is InChI=1S/C26H34N4O5S/c1-3-15-10-7-11-18-19(15)14-30(26(33)34)22(18)17-12-20(24(32)35-2)29(13-17)23(31)21(28-25(27)36)16-8-5-4-6-9-16/h3,7,10-11,16-17,20-22H,1,4-6,8-9,12-14H2,2H3,(H,33,34)(H3,27,28,36)/t17-,20+,21+,22?/m1/s1. The monoisotopic (exact) mass is 514 g/mol. The van der Waals surface area contributed by atoms with Gasteiger partial charge in [-0.3, -0.25) is 9.69 Å². The highest BCUT2D eigenvalue weighted by Gasteiger charge is 2.50. The van der Waals surface area contributed by atoms with Crippen LogP contribution in [0.15, 0.2) is 24.8 Å². The molecule has 3 aliphatic rings. The quantitative estimate of drug-likeness (QED) is 0.391. The number of carbonyl (C=O) groups is 3. The zero-order valence-corrected chi connectivity index (χ0v) is 21.3. The molecule has 1 saturated heterocycles. The molecule has 0 aromatic heterocycles. The van der Waals surface area contributed by atoms with Gasteiger partial charge in [0.2, 0.25) is 5.91 Å². The molecule has 4 N–H and O–H groups in total. The van der Waals surface area contributed by atoms with E-state index in [-0.39, 0.29) is 35.9 Å². The first-order valence-electron chi connectivity index (χ1n) is 12.4. The van der Waals surface area contributed by atoms with Crippen LogP contribution in [0.4, 0.5) is 4.79 Å². The number of fused-ring (bicyclic) bond motifs is 1. The van der Waals surface area contributed by atoms with Crippen LogP contribution in [0.3, 0.4) is 0 Å². The van der Waals surface area contributed by atoms with Crippen LogP contribution >= 0.6 is 12.2 Å². The van der Waals surface area contributed by atoms with Gasteiger partial charge in [-0.15, -0.1) is 0 Å². The molecule has 2 amide bonds. The van der Waals surface area contributed by atoms with Crippen LogP contribution in [0.5, 0.6) is 0 Å². The third-order valence-corrected chi connectivity index (χ3v) is 8.04. The fourth-order valence-electron chi connectivity index (χ4n) is 6.29. The number of likely N-dealkylation sites (tertiary alicyclic amines) is 1. The summed E-state index contributed by atoms with van der Waals surface area (Å²) in [4.78, 5) is 42.0. The molecule has 1 aromatic rings. The van der Waals surface area contributed by atoms with Crippen LogP contribution in [0, 0.1) is 11.8 Å². The van der Waals surface area contributed by atoms with Crippen molar-refractivity contribution in [3.63, 3.8) is 0 Å². The Morgan fingerprint density at radius 1 is 1.25 bits per heavy atom. The van der Waals surface area contributed by atoms with Crippen LogP contribution in [-0.4, -0.2) is 63.7 Å². The molecule has 1 aliphatic carbocycles. The average molecular weight is 515 g/mol. The second-order valence-corrected chi connectivity index (χ2v) is 10.3. The number of thiocarbonyl (C=S) groups is 1. The highest BCUT2D eigenvalue weighted by molar-refractivity contribution is 7.80. The average Bonchev–Trinajstić information content (AvgIpc) is 3.49. The fourth-order valence-corrected chi connectivity index (χ4v) is 6.41. The number of carbonyl (C=O) groups excluding carboxylic acids is 2. The minimum absolute atomic E-state index is 0.0445. The van der Waals surface area contributed by atoms with Gasteiger partial charge in [0.15, 0.2) is 5.11 Å². The topological polar surface area (TPSA) is 125 Å². The lowest BCUT2D eigenvalue weighted by atomic mass is 9.83. The van der Waals surface area contributed by atoms with E-state index in [1.54, 1.807) is 11.0 Å². The number of benzene rings is 1. The Bertz CT molecular complexity index is 1060. The maximum absolute atomic E-state index is 13.9. The van der Waals surface area contributed by atoms with Gasteiger partial charge in [0.05, 0.1) is 19.7 Å². The van der Waals surface area contributed by atoms with Gasteiger partial charge in [-0.25, -0.2) is 9.59 Å². The first kappa shape index (κ1) is 25.9. The van der Waals surface area contributed by atoms with Crippen molar-refractivity contribution in [1.29, 1.82) is 0 Å². The first-order chi connectivity index (χ1) is 17.3. The van der Waals surface area contributed by atoms with Crippen LogP contribution in [0.25, 0.3) is 6.08 Å². The SMILES string of the molecule is C=Cc1cccc2c1CN(C(=O)O)C2[C@@H]1C[C@@H](C(=O)OC)N(C(=O)[C@@H](NC(N)=S)C2CCCCC2)C1. The third-order valence-electron chi connectivity index (χ3n) is 7.92. The van der Waals surface area contributed by atoms with E-state index in [2.05, 4.69) is 11.9 Å². The van der Waals surface area contributed by atoms with E-state index in [0.717, 1.165) is 48.8 Å². The molecule has 194 valence electrons. The Morgan fingerprint density at radius 3 is 2.58 bits per heavy atom. The summed E-state index contributed by atoms with van der Waals surface area (Å²) < 4.78 is 5.07. The molecule has 4 rings (SSSR count). The van der Waals surface area contributed by atoms with Gasteiger partial charge in [0.1, 0.15) is 12.1 Å². The maximum Gasteiger partial charge on any atom is 0.408 e. The molecular formula is C26H34N4O5S. The molecule has 4 atom stereocenters. The van der Waals surface area contributed by atoms with E-state index < -0.39 is 30.2 Å². The van der Waals surface area contributed by atoms with Gasteiger partial charge in [0.25, 0.3) is 0 Å². The summed E-state index contributed by atoms with van der Waals surface area (Å²) >= 11 is 5.09. The zero-order valence-electron chi connectivity index (χ0n) is 20.5. The number of methoxy groups -OCH3 is 1. The van der Waals surface area contributed by atoms with Gasteiger partial charge in [-0.05, 0) is 54.1 Å². The number of nitrogens with zero attached hydrogens (tertiary/aromatic N) is 2. The number of nitrogens with two attached hydrogens (primary N) is 1. The number of carboxylic acid groups (broad SMARTS) is 1. The number of hydrogen-bond acceptors (Lipinski definition) is 5. The number of esters is 1. The van der Waals surface area contributed by atoms with E-state index in [4.69, 9.17) is 22.7 Å². The number of nitrogens with one attached hydrogen (secondary N) is 1. The second kappa shape index (κ2) is 10.9. The Labute approximate surface area is 216 Å². The van der Waals surface area contributed by atoms with Crippen molar-refractivity contribution < 1.29 is 24.2 Å². The summed E-state index contributed by atoms with van der Waals surface area (Å²) in [7, 11) is 1.30. The van der Waals surface area contributed by atoms with E-state index >= 15 is 0 Å². The van der Waals surface area contributed by atoms with Gasteiger partial charge in [-0.1, -0.05) is 50.1 Å². The van der Waals surface area contributed by atoms with Crippen molar-refractivity contribution in [2.75, 3.05) is 13.7 Å². The van der Waals surface area contributed by atoms with Crippen LogP contribution in [-0.2, 0) is 20.9 Å². The number of rotatable bonds is 6. The maximum atomic E-state index is 13.9. The smallest absolute Gasteiger partial charge is 0.408 e. The molecule has 0 bridgehead atoms. The lowest BCUT2D eigenvalue weighted by Crippen LogP contribution is -2.56. The van der Waals surface area contributed by atoms with E-state index in [1.807, 2.05) is 18.2 Å².